The zero-order chi connectivity index (χ0) is 33.7. The van der Waals surface area contributed by atoms with Crippen LogP contribution >= 0.6 is 29.4 Å². The fraction of sp³-hybridized carbons (Fsp3) is 1.00. The zero-order valence-corrected chi connectivity index (χ0v) is 34.1. The fourth-order valence-corrected chi connectivity index (χ4v) is 9.86. The van der Waals surface area contributed by atoms with E-state index in [1.54, 1.807) is 0 Å². The third kappa shape index (κ3) is 29.4. The Morgan fingerprint density at radius 1 is 0.578 bits per heavy atom. The van der Waals surface area contributed by atoms with E-state index in [-0.39, 0.29) is 10.9 Å². The molecule has 0 aliphatic carbocycles. The Labute approximate surface area is 291 Å². The van der Waals surface area contributed by atoms with Crippen molar-refractivity contribution < 1.29 is 18.1 Å². The maximum atomic E-state index is 14.7. The maximum Gasteiger partial charge on any atom is 0.475 e. The summed E-state index contributed by atoms with van der Waals surface area (Å²) in [4.78, 5) is 0. The SMILES string of the molecule is CCCCCCCC(CCCCCCC)OP(=O)(OCCCCSSC(C)(C)C)OC(C)(CCCCCC)CCCCCCC. The van der Waals surface area contributed by atoms with Gasteiger partial charge < -0.3 is 0 Å². The van der Waals surface area contributed by atoms with Gasteiger partial charge in [0.25, 0.3) is 0 Å². The van der Waals surface area contributed by atoms with E-state index in [9.17, 15) is 4.57 Å². The van der Waals surface area contributed by atoms with Crippen LogP contribution in [-0.2, 0) is 18.1 Å². The predicted molar refractivity (Wildman–Crippen MR) is 206 cm³/mol. The number of unbranched alkanes of at least 4 members (excludes halogenated alkanes) is 16. The van der Waals surface area contributed by atoms with E-state index in [2.05, 4.69) is 55.4 Å². The highest BCUT2D eigenvalue weighted by Crippen LogP contribution is 2.56. The smallest absolute Gasteiger partial charge is 0.287 e. The van der Waals surface area contributed by atoms with E-state index in [0.29, 0.717) is 6.61 Å². The molecule has 0 rings (SSSR count). The molecule has 0 aromatic carbocycles. The van der Waals surface area contributed by atoms with Gasteiger partial charge in [-0.2, -0.15) is 0 Å². The van der Waals surface area contributed by atoms with Gasteiger partial charge in [0.15, 0.2) is 0 Å². The van der Waals surface area contributed by atoms with Crippen molar-refractivity contribution in [1.82, 2.24) is 0 Å². The minimum atomic E-state index is -3.73. The summed E-state index contributed by atoms with van der Waals surface area (Å²) in [6.45, 7) is 18.4. The second-order valence-corrected chi connectivity index (χ2v) is 19.4. The standard InChI is InChI=1S/C38H79O4PS2/c1-9-13-17-21-24-30-36(31-25-22-18-14-10-2)41-43(39,40-34-28-29-35-44-45-37(5,6)7)42-38(8,32-26-20-16-12-4)33-27-23-19-15-11-3/h36H,9-35H2,1-8H3. The minimum absolute atomic E-state index is 0.0632. The van der Waals surface area contributed by atoms with Gasteiger partial charge in [-0.1, -0.05) is 192 Å². The molecule has 2 atom stereocenters. The van der Waals surface area contributed by atoms with Crippen molar-refractivity contribution in [3.63, 3.8) is 0 Å². The van der Waals surface area contributed by atoms with Crippen LogP contribution in [0.5, 0.6) is 0 Å². The highest BCUT2D eigenvalue weighted by molar-refractivity contribution is 8.77. The number of hydrogen-bond donors (Lipinski definition) is 0. The molecule has 0 saturated carbocycles. The van der Waals surface area contributed by atoms with Crippen molar-refractivity contribution in [3.8, 4) is 0 Å². The van der Waals surface area contributed by atoms with Crippen LogP contribution in [0.15, 0.2) is 0 Å². The average Bonchev–Trinajstić information content (AvgIpc) is 2.98. The first-order valence-corrected chi connectivity index (χ1v) is 23.2. The largest absolute Gasteiger partial charge is 0.475 e. The van der Waals surface area contributed by atoms with Crippen molar-refractivity contribution in [2.75, 3.05) is 12.4 Å². The molecule has 0 bridgehead atoms. The third-order valence-electron chi connectivity index (χ3n) is 8.42. The van der Waals surface area contributed by atoms with Crippen LogP contribution in [0.3, 0.4) is 0 Å². The summed E-state index contributed by atoms with van der Waals surface area (Å²) >= 11 is 0. The Kier molecular flexibility index (Phi) is 30.2. The quantitative estimate of drug-likeness (QED) is 0.0379. The molecule has 45 heavy (non-hydrogen) atoms. The monoisotopic (exact) mass is 695 g/mol. The van der Waals surface area contributed by atoms with Gasteiger partial charge >= 0.3 is 7.82 Å². The summed E-state index contributed by atoms with van der Waals surface area (Å²) in [6.07, 6.45) is 28.7. The van der Waals surface area contributed by atoms with Crippen molar-refractivity contribution in [2.45, 2.75) is 232 Å². The Morgan fingerprint density at radius 2 is 1.02 bits per heavy atom. The summed E-state index contributed by atoms with van der Waals surface area (Å²) in [6, 6.07) is 0. The van der Waals surface area contributed by atoms with Crippen LogP contribution in [0, 0.1) is 0 Å². The van der Waals surface area contributed by atoms with Crippen molar-refractivity contribution in [3.05, 3.63) is 0 Å². The second-order valence-electron chi connectivity index (χ2n) is 14.7. The van der Waals surface area contributed by atoms with Gasteiger partial charge in [-0.25, -0.2) is 4.57 Å². The second kappa shape index (κ2) is 29.7. The molecule has 0 aliphatic heterocycles. The lowest BCUT2D eigenvalue weighted by Gasteiger charge is -2.34. The first-order valence-electron chi connectivity index (χ1n) is 19.5. The molecule has 0 aliphatic rings. The molecule has 0 heterocycles. The lowest BCUT2D eigenvalue weighted by molar-refractivity contribution is -0.00941. The van der Waals surface area contributed by atoms with E-state index in [1.807, 2.05) is 21.6 Å². The van der Waals surface area contributed by atoms with E-state index in [1.165, 1.54) is 96.3 Å². The molecule has 0 fully saturated rings. The number of phosphoric ester groups is 1. The van der Waals surface area contributed by atoms with Crippen LogP contribution in [0.4, 0.5) is 0 Å². The van der Waals surface area contributed by atoms with Crippen LogP contribution in [0.2, 0.25) is 0 Å². The number of hydrogen-bond acceptors (Lipinski definition) is 6. The topological polar surface area (TPSA) is 44.8 Å². The van der Waals surface area contributed by atoms with Crippen LogP contribution in [0.1, 0.15) is 216 Å². The highest BCUT2D eigenvalue weighted by atomic mass is 33.1. The highest BCUT2D eigenvalue weighted by Gasteiger charge is 2.39. The van der Waals surface area contributed by atoms with E-state index in [4.69, 9.17) is 13.6 Å². The molecule has 0 saturated heterocycles. The predicted octanol–water partition coefficient (Wildman–Crippen LogP) is 15.3. The molecule has 2 unspecified atom stereocenters. The first-order chi connectivity index (χ1) is 21.5. The van der Waals surface area contributed by atoms with Gasteiger partial charge in [0.1, 0.15) is 0 Å². The van der Waals surface area contributed by atoms with Gasteiger partial charge in [0.05, 0.1) is 18.3 Å². The molecule has 0 N–H and O–H groups in total. The van der Waals surface area contributed by atoms with Crippen molar-refractivity contribution in [1.29, 1.82) is 0 Å². The Morgan fingerprint density at radius 3 is 1.49 bits per heavy atom. The van der Waals surface area contributed by atoms with Crippen molar-refractivity contribution in [2.24, 2.45) is 0 Å². The van der Waals surface area contributed by atoms with E-state index < -0.39 is 13.4 Å². The molecule has 0 amide bonds. The van der Waals surface area contributed by atoms with Gasteiger partial charge in [-0.3, -0.25) is 13.6 Å². The number of phosphoric acid groups is 1. The molecule has 272 valence electrons. The molecule has 7 heteroatoms. The Balaban J connectivity index is 5.67. The Bertz CT molecular complexity index is 673. The molecule has 4 nitrogen and oxygen atoms in total. The minimum Gasteiger partial charge on any atom is -0.287 e. The molecule has 0 radical (unpaired) electrons. The summed E-state index contributed by atoms with van der Waals surface area (Å²) in [5.74, 6) is 1.07. The van der Waals surface area contributed by atoms with Gasteiger partial charge in [-0.15, -0.1) is 0 Å². The Hall–Kier alpha value is 0.810. The number of rotatable bonds is 34. The summed E-state index contributed by atoms with van der Waals surface area (Å²) in [7, 11) is 0.127. The summed E-state index contributed by atoms with van der Waals surface area (Å²) < 4.78 is 34.5. The van der Waals surface area contributed by atoms with Gasteiger partial charge in [-0.05, 0) is 45.4 Å². The molecule has 0 spiro atoms. The average molecular weight is 695 g/mol. The van der Waals surface area contributed by atoms with E-state index in [0.717, 1.165) is 70.0 Å². The molecule has 0 aromatic rings. The fourth-order valence-electron chi connectivity index (χ4n) is 5.63. The van der Waals surface area contributed by atoms with Crippen LogP contribution in [0.25, 0.3) is 0 Å². The zero-order valence-electron chi connectivity index (χ0n) is 31.6. The van der Waals surface area contributed by atoms with Gasteiger partial charge in [0, 0.05) is 10.5 Å². The van der Waals surface area contributed by atoms with E-state index >= 15 is 0 Å². The van der Waals surface area contributed by atoms with Crippen LogP contribution < -0.4 is 0 Å². The van der Waals surface area contributed by atoms with Crippen LogP contribution in [-0.4, -0.2) is 28.8 Å². The summed E-state index contributed by atoms with van der Waals surface area (Å²) in [5.41, 5.74) is -0.485. The molecular weight excluding hydrogens is 616 g/mol. The normalized spacial score (nSPS) is 15.0. The maximum absolute atomic E-state index is 14.7. The molecule has 0 aromatic heterocycles. The molecular formula is C38H79O4PS2. The first kappa shape index (κ1) is 45.8. The van der Waals surface area contributed by atoms with Crippen molar-refractivity contribution >= 4 is 29.4 Å². The summed E-state index contributed by atoms with van der Waals surface area (Å²) in [5, 5.41) is 0. The van der Waals surface area contributed by atoms with Gasteiger partial charge in [0.2, 0.25) is 0 Å². The third-order valence-corrected chi connectivity index (χ3v) is 13.6. The lowest BCUT2D eigenvalue weighted by atomic mass is 9.92. The lowest BCUT2D eigenvalue weighted by Crippen LogP contribution is -2.29.